The van der Waals surface area contributed by atoms with Gasteiger partial charge in [0.1, 0.15) is 30.2 Å². The molecule has 0 bridgehead atoms. The van der Waals surface area contributed by atoms with E-state index in [4.69, 9.17) is 40.0 Å². The van der Waals surface area contributed by atoms with E-state index < -0.39 is 30.2 Å². The zero-order chi connectivity index (χ0) is 33.4. The van der Waals surface area contributed by atoms with Crippen LogP contribution in [0.3, 0.4) is 0 Å². The summed E-state index contributed by atoms with van der Waals surface area (Å²) in [5, 5.41) is 13.4. The van der Waals surface area contributed by atoms with Crippen molar-refractivity contribution in [1.82, 2.24) is 0 Å². The average Bonchev–Trinajstić information content (AvgIpc) is 3.06. The maximum absolute atomic E-state index is 12.9. The van der Waals surface area contributed by atoms with Crippen LogP contribution in [0.4, 0.5) is 0 Å². The van der Waals surface area contributed by atoms with Crippen LogP contribution >= 0.6 is 11.6 Å². The van der Waals surface area contributed by atoms with Gasteiger partial charge < -0.3 is 33.5 Å². The standard InChI is InChI=1S/C38H59ClO7/c1-7-12-20-42-27-34-35(43-21-13-8-2)36(44-22-14-9-3)37(45-23-15-10-4)38(40,46-34)31-25-30(32(39)26-33(31)41-6)24-29-18-16-28(11-5)17-19-29/h16-19,25-26,34-37,40H,7-15,20-24,27H2,1-6H3/t34-,35-,36+,37-,38+/m1/s1. The predicted octanol–water partition coefficient (Wildman–Crippen LogP) is 8.42. The maximum atomic E-state index is 12.9. The number of hydrogen-bond donors (Lipinski definition) is 1. The van der Waals surface area contributed by atoms with E-state index in [1.807, 2.05) is 6.07 Å². The van der Waals surface area contributed by atoms with E-state index >= 15 is 0 Å². The van der Waals surface area contributed by atoms with Crippen LogP contribution in [0, 0.1) is 0 Å². The fourth-order valence-corrected chi connectivity index (χ4v) is 5.95. The van der Waals surface area contributed by atoms with Gasteiger partial charge in [0.2, 0.25) is 5.79 Å². The van der Waals surface area contributed by atoms with Gasteiger partial charge in [-0.2, -0.15) is 0 Å². The van der Waals surface area contributed by atoms with Crippen LogP contribution in [-0.4, -0.2) is 69.7 Å². The first-order valence-corrected chi connectivity index (χ1v) is 18.0. The molecule has 0 radical (unpaired) electrons. The number of aryl methyl sites for hydroxylation is 1. The summed E-state index contributed by atoms with van der Waals surface area (Å²) in [6.45, 7) is 13.0. The lowest BCUT2D eigenvalue weighted by molar-refractivity contribution is -0.375. The first-order valence-electron chi connectivity index (χ1n) is 17.6. The van der Waals surface area contributed by atoms with Gasteiger partial charge in [0, 0.05) is 31.5 Å². The van der Waals surface area contributed by atoms with Crippen LogP contribution in [-0.2, 0) is 42.3 Å². The lowest BCUT2D eigenvalue weighted by Crippen LogP contribution is -2.66. The normalized spacial score (nSPS) is 23.1. The zero-order valence-electron chi connectivity index (χ0n) is 29.2. The molecule has 0 saturated carbocycles. The molecule has 5 atom stereocenters. The van der Waals surface area contributed by atoms with E-state index in [1.54, 1.807) is 13.2 Å². The second-order valence-corrected chi connectivity index (χ2v) is 12.7. The van der Waals surface area contributed by atoms with E-state index in [0.717, 1.165) is 68.9 Å². The van der Waals surface area contributed by atoms with E-state index in [-0.39, 0.29) is 6.61 Å². The van der Waals surface area contributed by atoms with Gasteiger partial charge in [0.25, 0.3) is 0 Å². The highest BCUT2D eigenvalue weighted by atomic mass is 35.5. The molecule has 46 heavy (non-hydrogen) atoms. The Balaban J connectivity index is 2.13. The SMILES string of the molecule is CCCCOC[C@H]1O[C@@](O)(c2cc(Cc3ccc(CC)cc3)c(Cl)cc2OC)[C@H](OCCCC)[C@@H](OCCCC)[C@@H]1OCCCC. The summed E-state index contributed by atoms with van der Waals surface area (Å²) >= 11 is 6.85. The highest BCUT2D eigenvalue weighted by Gasteiger charge is 2.58. The van der Waals surface area contributed by atoms with Crippen molar-refractivity contribution in [3.8, 4) is 5.75 Å². The Labute approximate surface area is 283 Å². The van der Waals surface area contributed by atoms with E-state index in [0.29, 0.717) is 49.2 Å². The molecule has 1 saturated heterocycles. The Morgan fingerprint density at radius 3 is 1.91 bits per heavy atom. The average molecular weight is 663 g/mol. The minimum atomic E-state index is -1.93. The summed E-state index contributed by atoms with van der Waals surface area (Å²) in [4.78, 5) is 0. The molecule has 0 unspecified atom stereocenters. The first kappa shape index (κ1) is 38.7. The van der Waals surface area contributed by atoms with Crippen molar-refractivity contribution in [1.29, 1.82) is 0 Å². The van der Waals surface area contributed by atoms with Crippen molar-refractivity contribution in [2.75, 3.05) is 40.1 Å². The first-order chi connectivity index (χ1) is 22.4. The predicted molar refractivity (Wildman–Crippen MR) is 185 cm³/mol. The van der Waals surface area contributed by atoms with Gasteiger partial charge in [-0.15, -0.1) is 0 Å². The molecule has 2 aromatic carbocycles. The summed E-state index contributed by atoms with van der Waals surface area (Å²) < 4.78 is 38.4. The lowest BCUT2D eigenvalue weighted by Gasteiger charge is -2.50. The van der Waals surface area contributed by atoms with Gasteiger partial charge in [-0.05, 0) is 67.3 Å². The molecule has 7 nitrogen and oxygen atoms in total. The fourth-order valence-electron chi connectivity index (χ4n) is 5.73. The van der Waals surface area contributed by atoms with Gasteiger partial charge >= 0.3 is 0 Å². The molecule has 8 heteroatoms. The second kappa shape index (κ2) is 20.6. The molecule has 2 aromatic rings. The molecule has 1 N–H and O–H groups in total. The molecule has 0 aromatic heterocycles. The minimum absolute atomic E-state index is 0.251. The molecule has 1 fully saturated rings. The highest BCUT2D eigenvalue weighted by Crippen LogP contribution is 2.45. The third-order valence-electron chi connectivity index (χ3n) is 8.62. The van der Waals surface area contributed by atoms with E-state index in [1.165, 1.54) is 5.56 Å². The van der Waals surface area contributed by atoms with Gasteiger partial charge in [0.15, 0.2) is 0 Å². The summed E-state index contributed by atoms with van der Waals surface area (Å²) in [6, 6.07) is 12.2. The second-order valence-electron chi connectivity index (χ2n) is 12.3. The quantitative estimate of drug-likeness (QED) is 0.127. The molecule has 0 amide bonds. The molecule has 0 spiro atoms. The van der Waals surface area contributed by atoms with E-state index in [9.17, 15) is 5.11 Å². The van der Waals surface area contributed by atoms with Gasteiger partial charge in [-0.1, -0.05) is 96.2 Å². The van der Waals surface area contributed by atoms with Crippen LogP contribution in [0.5, 0.6) is 5.75 Å². The minimum Gasteiger partial charge on any atom is -0.496 e. The van der Waals surface area contributed by atoms with Crippen molar-refractivity contribution in [3.05, 3.63) is 63.7 Å². The summed E-state index contributed by atoms with van der Waals surface area (Å²) in [5.74, 6) is -1.50. The molecular weight excluding hydrogens is 604 g/mol. The Morgan fingerprint density at radius 2 is 1.33 bits per heavy atom. The van der Waals surface area contributed by atoms with Crippen LogP contribution in [0.2, 0.25) is 5.02 Å². The molecule has 1 heterocycles. The highest BCUT2D eigenvalue weighted by molar-refractivity contribution is 6.31. The monoisotopic (exact) mass is 662 g/mol. The van der Waals surface area contributed by atoms with Crippen molar-refractivity contribution in [2.45, 2.75) is 129 Å². The number of methoxy groups -OCH3 is 1. The van der Waals surface area contributed by atoms with Gasteiger partial charge in [-0.3, -0.25) is 0 Å². The van der Waals surface area contributed by atoms with E-state index in [2.05, 4.69) is 58.9 Å². The Hall–Kier alpha value is -1.71. The van der Waals surface area contributed by atoms with Crippen LogP contribution in [0.25, 0.3) is 0 Å². The topological polar surface area (TPSA) is 75.6 Å². The Kier molecular flexibility index (Phi) is 17.4. The van der Waals surface area contributed by atoms with Gasteiger partial charge in [-0.25, -0.2) is 0 Å². The number of hydrogen-bond acceptors (Lipinski definition) is 7. The summed E-state index contributed by atoms with van der Waals surface area (Å²) in [6.07, 6.45) is 6.46. The third-order valence-corrected chi connectivity index (χ3v) is 8.97. The number of benzene rings is 2. The fraction of sp³-hybridized carbons (Fsp3) is 0.684. The van der Waals surface area contributed by atoms with Crippen molar-refractivity contribution in [3.63, 3.8) is 0 Å². The number of ether oxygens (including phenoxy) is 6. The Bertz CT molecular complexity index is 1130. The molecular formula is C38H59ClO7. The Morgan fingerprint density at radius 1 is 0.761 bits per heavy atom. The zero-order valence-corrected chi connectivity index (χ0v) is 29.9. The maximum Gasteiger partial charge on any atom is 0.226 e. The molecule has 3 rings (SSSR count). The lowest BCUT2D eigenvalue weighted by atomic mass is 9.86. The smallest absolute Gasteiger partial charge is 0.226 e. The molecule has 260 valence electrons. The van der Waals surface area contributed by atoms with Crippen molar-refractivity contribution >= 4 is 11.6 Å². The summed E-state index contributed by atoms with van der Waals surface area (Å²) in [5.41, 5.74) is 3.71. The van der Waals surface area contributed by atoms with Crippen LogP contribution < -0.4 is 4.74 Å². The van der Waals surface area contributed by atoms with Crippen molar-refractivity contribution in [2.24, 2.45) is 0 Å². The molecule has 0 aliphatic carbocycles. The number of aliphatic hydroxyl groups is 1. The van der Waals surface area contributed by atoms with Crippen LogP contribution in [0.15, 0.2) is 36.4 Å². The number of unbranched alkanes of at least 4 members (excludes halogenated alkanes) is 4. The van der Waals surface area contributed by atoms with Crippen LogP contribution in [0.1, 0.15) is 108 Å². The van der Waals surface area contributed by atoms with Crippen molar-refractivity contribution < 1.29 is 33.5 Å². The number of rotatable bonds is 22. The molecule has 1 aliphatic rings. The number of halogens is 1. The third kappa shape index (κ3) is 10.6. The molecule has 1 aliphatic heterocycles. The summed E-state index contributed by atoms with van der Waals surface area (Å²) in [7, 11) is 1.58. The largest absolute Gasteiger partial charge is 0.496 e. The van der Waals surface area contributed by atoms with Gasteiger partial charge in [0.05, 0.1) is 19.3 Å².